The summed E-state index contributed by atoms with van der Waals surface area (Å²) in [5.74, 6) is 0.484. The van der Waals surface area contributed by atoms with Gasteiger partial charge in [-0.3, -0.25) is 0 Å². The van der Waals surface area contributed by atoms with Crippen molar-refractivity contribution in [3.05, 3.63) is 29.8 Å². The quantitative estimate of drug-likeness (QED) is 0.385. The summed E-state index contributed by atoms with van der Waals surface area (Å²) >= 11 is 1.11. The Morgan fingerprint density at radius 2 is 1.68 bits per heavy atom. The van der Waals surface area contributed by atoms with E-state index >= 15 is 0 Å². The molecule has 1 unspecified atom stereocenters. The van der Waals surface area contributed by atoms with Crippen molar-refractivity contribution in [1.82, 2.24) is 4.72 Å². The van der Waals surface area contributed by atoms with E-state index in [1.807, 2.05) is 12.3 Å². The summed E-state index contributed by atoms with van der Waals surface area (Å²) in [4.78, 5) is 0.282. The van der Waals surface area contributed by atoms with Crippen LogP contribution in [0.4, 0.5) is 0 Å². The number of benzene rings is 1. The molecule has 0 aromatic heterocycles. The van der Waals surface area contributed by atoms with Gasteiger partial charge in [0.15, 0.2) is 0 Å². The van der Waals surface area contributed by atoms with Gasteiger partial charge >= 0.3 is 0 Å². The molecule has 0 radical (unpaired) electrons. The number of hydrogen-bond donors (Lipinski definition) is 1. The lowest BCUT2D eigenvalue weighted by atomic mass is 10.1. The molecule has 0 saturated heterocycles. The standard InChI is InChI=1S/C19H30N2O2S2/c1-3-4-5-6-7-8-9-10-18(15-24-16-20)21-25(22,23)19-13-11-17(2)12-14-19/h11-14,18,21H,3-10,15H2,1-2H3. The fourth-order valence-corrected chi connectivity index (χ4v) is 4.57. The third-order valence-electron chi connectivity index (χ3n) is 4.16. The molecule has 140 valence electrons. The smallest absolute Gasteiger partial charge is 0.207 e. The van der Waals surface area contributed by atoms with Gasteiger partial charge in [0, 0.05) is 11.8 Å². The molecule has 0 aliphatic rings. The molecule has 25 heavy (non-hydrogen) atoms. The molecule has 6 heteroatoms. The maximum Gasteiger partial charge on any atom is 0.240 e. The number of nitriles is 1. The van der Waals surface area contributed by atoms with E-state index in [1.54, 1.807) is 24.3 Å². The fraction of sp³-hybridized carbons (Fsp3) is 0.632. The third-order valence-corrected chi connectivity index (χ3v) is 6.39. The number of thiocyanates is 1. The number of nitrogens with one attached hydrogen (secondary N) is 1. The minimum Gasteiger partial charge on any atom is -0.207 e. The molecule has 4 nitrogen and oxygen atoms in total. The van der Waals surface area contributed by atoms with Crippen LogP contribution in [0.2, 0.25) is 0 Å². The maximum atomic E-state index is 12.5. The van der Waals surface area contributed by atoms with Crippen LogP contribution in [-0.4, -0.2) is 20.2 Å². The third kappa shape index (κ3) is 9.29. The first-order chi connectivity index (χ1) is 12.0. The van der Waals surface area contributed by atoms with Crippen molar-refractivity contribution < 1.29 is 8.42 Å². The van der Waals surface area contributed by atoms with Crippen molar-refractivity contribution in [3.8, 4) is 5.40 Å². The summed E-state index contributed by atoms with van der Waals surface area (Å²) in [6, 6.07) is 6.64. The number of thioether (sulfide) groups is 1. The van der Waals surface area contributed by atoms with Crippen molar-refractivity contribution in [2.24, 2.45) is 0 Å². The molecule has 0 aliphatic heterocycles. The molecule has 0 spiro atoms. The fourth-order valence-electron chi connectivity index (χ4n) is 2.67. The van der Waals surface area contributed by atoms with E-state index in [4.69, 9.17) is 5.26 Å². The first kappa shape index (κ1) is 22.0. The summed E-state index contributed by atoms with van der Waals surface area (Å²) in [5, 5.41) is 10.8. The highest BCUT2D eigenvalue weighted by atomic mass is 32.2. The zero-order valence-corrected chi connectivity index (χ0v) is 17.0. The second-order valence-electron chi connectivity index (χ2n) is 6.44. The number of sulfonamides is 1. The van der Waals surface area contributed by atoms with E-state index in [9.17, 15) is 8.42 Å². The molecule has 1 atom stereocenters. The summed E-state index contributed by atoms with van der Waals surface area (Å²) < 4.78 is 27.8. The van der Waals surface area contributed by atoms with E-state index in [2.05, 4.69) is 11.6 Å². The van der Waals surface area contributed by atoms with Gasteiger partial charge in [0.2, 0.25) is 10.0 Å². The lowest BCUT2D eigenvalue weighted by Crippen LogP contribution is -2.36. The van der Waals surface area contributed by atoms with Crippen molar-refractivity contribution in [2.45, 2.75) is 76.2 Å². The molecule has 1 aromatic carbocycles. The molecule has 0 heterocycles. The Morgan fingerprint density at radius 3 is 2.28 bits per heavy atom. The molecule has 1 rings (SSSR count). The molecular weight excluding hydrogens is 352 g/mol. The lowest BCUT2D eigenvalue weighted by molar-refractivity contribution is 0.516. The zero-order chi connectivity index (χ0) is 18.5. The van der Waals surface area contributed by atoms with Crippen LogP contribution < -0.4 is 4.72 Å². The van der Waals surface area contributed by atoms with Crippen molar-refractivity contribution in [3.63, 3.8) is 0 Å². The van der Waals surface area contributed by atoms with Crippen LogP contribution in [0.3, 0.4) is 0 Å². The number of unbranched alkanes of at least 4 members (excludes halogenated alkanes) is 6. The first-order valence-electron chi connectivity index (χ1n) is 9.09. The Bertz CT molecular complexity index is 622. The Kier molecular flexibility index (Phi) is 10.9. The molecule has 0 aliphatic carbocycles. The predicted molar refractivity (Wildman–Crippen MR) is 106 cm³/mol. The number of rotatable bonds is 13. The average molecular weight is 383 g/mol. The highest BCUT2D eigenvalue weighted by Crippen LogP contribution is 2.16. The van der Waals surface area contributed by atoms with E-state index in [-0.39, 0.29) is 10.9 Å². The highest BCUT2D eigenvalue weighted by Gasteiger charge is 2.20. The number of hydrogen-bond acceptors (Lipinski definition) is 4. The van der Waals surface area contributed by atoms with Gasteiger partial charge in [0.1, 0.15) is 5.40 Å². The van der Waals surface area contributed by atoms with Gasteiger partial charge in [0.25, 0.3) is 0 Å². The van der Waals surface area contributed by atoms with Gasteiger partial charge in [0.05, 0.1) is 4.90 Å². The Morgan fingerprint density at radius 1 is 1.08 bits per heavy atom. The van der Waals surface area contributed by atoms with Gasteiger partial charge in [-0.05, 0) is 37.2 Å². The van der Waals surface area contributed by atoms with Crippen LogP contribution >= 0.6 is 11.8 Å². The van der Waals surface area contributed by atoms with Gasteiger partial charge < -0.3 is 0 Å². The van der Waals surface area contributed by atoms with Crippen LogP contribution in [0, 0.1) is 17.6 Å². The molecule has 0 amide bonds. The molecule has 1 N–H and O–H groups in total. The minimum absolute atomic E-state index is 0.202. The van der Waals surface area contributed by atoms with Crippen LogP contribution in [-0.2, 0) is 10.0 Å². The largest absolute Gasteiger partial charge is 0.240 e. The number of nitrogens with zero attached hydrogens (tertiary/aromatic N) is 1. The Hall–Kier alpha value is -1.03. The van der Waals surface area contributed by atoms with Crippen LogP contribution in [0.1, 0.15) is 63.9 Å². The SMILES string of the molecule is CCCCCCCCCC(CSC#N)NS(=O)(=O)c1ccc(C)cc1. The van der Waals surface area contributed by atoms with Gasteiger partial charge in [-0.2, -0.15) is 5.26 Å². The first-order valence-corrected chi connectivity index (χ1v) is 11.6. The summed E-state index contributed by atoms with van der Waals surface area (Å²) in [5.41, 5.74) is 1.03. The van der Waals surface area contributed by atoms with Crippen LogP contribution in [0.15, 0.2) is 29.2 Å². The highest BCUT2D eigenvalue weighted by molar-refractivity contribution is 8.03. The minimum atomic E-state index is -3.53. The average Bonchev–Trinajstić information content (AvgIpc) is 2.58. The van der Waals surface area contributed by atoms with Crippen LogP contribution in [0.25, 0.3) is 0 Å². The topological polar surface area (TPSA) is 70.0 Å². The molecule has 0 saturated carbocycles. The predicted octanol–water partition coefficient (Wildman–Crippen LogP) is 5.00. The Balaban J connectivity index is 2.51. The van der Waals surface area contributed by atoms with Gasteiger partial charge in [-0.25, -0.2) is 13.1 Å². The Labute approximate surface area is 157 Å². The van der Waals surface area contributed by atoms with E-state index in [0.717, 1.165) is 36.6 Å². The summed E-state index contributed by atoms with van der Waals surface area (Å²) in [6.07, 6.45) is 9.14. The maximum absolute atomic E-state index is 12.5. The van der Waals surface area contributed by atoms with Gasteiger partial charge in [-0.15, -0.1) is 0 Å². The molecular formula is C19H30N2O2S2. The van der Waals surface area contributed by atoms with E-state index < -0.39 is 10.0 Å². The number of aryl methyl sites for hydroxylation is 1. The molecule has 0 fully saturated rings. The van der Waals surface area contributed by atoms with E-state index in [1.165, 1.54) is 32.1 Å². The van der Waals surface area contributed by atoms with Gasteiger partial charge in [-0.1, -0.05) is 69.6 Å². The van der Waals surface area contributed by atoms with E-state index in [0.29, 0.717) is 5.75 Å². The van der Waals surface area contributed by atoms with Crippen molar-refractivity contribution >= 4 is 21.8 Å². The monoisotopic (exact) mass is 382 g/mol. The zero-order valence-electron chi connectivity index (χ0n) is 15.3. The van der Waals surface area contributed by atoms with Crippen LogP contribution in [0.5, 0.6) is 0 Å². The molecule has 0 bridgehead atoms. The van der Waals surface area contributed by atoms with Crippen molar-refractivity contribution in [2.75, 3.05) is 5.75 Å². The lowest BCUT2D eigenvalue weighted by Gasteiger charge is -2.17. The summed E-state index contributed by atoms with van der Waals surface area (Å²) in [6.45, 7) is 4.13. The summed E-state index contributed by atoms with van der Waals surface area (Å²) in [7, 11) is -3.53. The van der Waals surface area contributed by atoms with Crippen molar-refractivity contribution in [1.29, 1.82) is 5.26 Å². The normalized spacial score (nSPS) is 12.7. The molecule has 1 aromatic rings. The second-order valence-corrected chi connectivity index (χ2v) is 8.96. The second kappa shape index (κ2) is 12.3.